The first-order chi connectivity index (χ1) is 12.8. The molecule has 7 heteroatoms. The van der Waals surface area contributed by atoms with Crippen molar-refractivity contribution in [3.63, 3.8) is 0 Å². The van der Waals surface area contributed by atoms with Crippen molar-refractivity contribution in [3.8, 4) is 0 Å². The van der Waals surface area contributed by atoms with Crippen LogP contribution in [-0.2, 0) is 4.79 Å². The Hall–Kier alpha value is -1.96. The third-order valence-electron chi connectivity index (χ3n) is 5.14. The summed E-state index contributed by atoms with van der Waals surface area (Å²) < 4.78 is 0. The number of amides is 3. The van der Waals surface area contributed by atoms with E-state index in [2.05, 4.69) is 20.4 Å². The largest absolute Gasteiger partial charge is 0.392 e. The fraction of sp³-hybridized carbons (Fsp3) is 0.600. The van der Waals surface area contributed by atoms with Gasteiger partial charge in [0.2, 0.25) is 5.91 Å². The molecule has 3 N–H and O–H groups in total. The molecule has 1 aromatic carbocycles. The van der Waals surface area contributed by atoms with Gasteiger partial charge in [0.1, 0.15) is 0 Å². The Labute approximate surface area is 161 Å². The minimum atomic E-state index is -0.511. The first kappa shape index (κ1) is 21.3. The van der Waals surface area contributed by atoms with E-state index in [1.54, 1.807) is 0 Å². The molecule has 0 saturated carbocycles. The maximum atomic E-state index is 12.4. The van der Waals surface area contributed by atoms with Crippen molar-refractivity contribution >= 4 is 17.6 Å². The predicted molar refractivity (Wildman–Crippen MR) is 107 cm³/mol. The number of hydrogen-bond acceptors (Lipinski definition) is 5. The number of imide groups is 1. The van der Waals surface area contributed by atoms with E-state index in [1.807, 2.05) is 45.9 Å². The number of aryl methyl sites for hydroxylation is 2. The number of nitrogens with zero attached hydrogens (tertiary/aromatic N) is 2. The van der Waals surface area contributed by atoms with E-state index in [0.717, 1.165) is 43.7 Å². The molecule has 1 saturated heterocycles. The second kappa shape index (κ2) is 9.82. The number of carbonyl (C=O) groups excluding carboxylic acids is 2. The lowest BCUT2D eigenvalue weighted by Crippen LogP contribution is -2.55. The van der Waals surface area contributed by atoms with Crippen molar-refractivity contribution in [1.29, 1.82) is 0 Å². The lowest BCUT2D eigenvalue weighted by atomic mass is 10.1. The first-order valence-corrected chi connectivity index (χ1v) is 9.63. The van der Waals surface area contributed by atoms with Gasteiger partial charge in [0.15, 0.2) is 0 Å². The van der Waals surface area contributed by atoms with E-state index in [0.29, 0.717) is 12.2 Å². The number of carbonyl (C=O) groups is 2. The number of benzene rings is 1. The van der Waals surface area contributed by atoms with Crippen molar-refractivity contribution in [2.45, 2.75) is 46.3 Å². The van der Waals surface area contributed by atoms with Gasteiger partial charge in [-0.25, -0.2) is 4.79 Å². The van der Waals surface area contributed by atoms with Crippen LogP contribution in [0, 0.1) is 13.8 Å². The lowest BCUT2D eigenvalue weighted by molar-refractivity contribution is -0.125. The van der Waals surface area contributed by atoms with Crippen LogP contribution in [0.25, 0.3) is 0 Å². The number of β-amino-alcohol motifs (C(OH)–C–C–N with tert-alkyl or cyclic N) is 1. The summed E-state index contributed by atoms with van der Waals surface area (Å²) in [5.74, 6) is -0.306. The zero-order valence-corrected chi connectivity index (χ0v) is 16.8. The molecule has 1 aliphatic heterocycles. The molecule has 27 heavy (non-hydrogen) atoms. The highest BCUT2D eigenvalue weighted by molar-refractivity contribution is 6.03. The van der Waals surface area contributed by atoms with Gasteiger partial charge in [-0.1, -0.05) is 24.6 Å². The van der Waals surface area contributed by atoms with Gasteiger partial charge in [-0.2, -0.15) is 0 Å². The molecule has 7 nitrogen and oxygen atoms in total. The third-order valence-corrected chi connectivity index (χ3v) is 5.14. The van der Waals surface area contributed by atoms with E-state index >= 15 is 0 Å². The summed E-state index contributed by atoms with van der Waals surface area (Å²) in [5.41, 5.74) is 2.77. The van der Waals surface area contributed by atoms with Gasteiger partial charge < -0.3 is 10.4 Å². The van der Waals surface area contributed by atoms with E-state index in [-0.39, 0.29) is 18.1 Å². The highest BCUT2D eigenvalue weighted by Crippen LogP contribution is 2.15. The lowest BCUT2D eigenvalue weighted by Gasteiger charge is -2.37. The van der Waals surface area contributed by atoms with Crippen LogP contribution in [0.1, 0.15) is 31.4 Å². The van der Waals surface area contributed by atoms with Crippen LogP contribution in [0.4, 0.5) is 10.5 Å². The second-order valence-corrected chi connectivity index (χ2v) is 7.34. The summed E-state index contributed by atoms with van der Waals surface area (Å²) in [6.07, 6.45) is 0.445. The van der Waals surface area contributed by atoms with Crippen LogP contribution in [0.5, 0.6) is 0 Å². The van der Waals surface area contributed by atoms with E-state index in [4.69, 9.17) is 0 Å². The monoisotopic (exact) mass is 376 g/mol. The summed E-state index contributed by atoms with van der Waals surface area (Å²) in [6, 6.07) is 4.84. The maximum Gasteiger partial charge on any atom is 0.325 e. The van der Waals surface area contributed by atoms with Crippen LogP contribution >= 0.6 is 0 Å². The summed E-state index contributed by atoms with van der Waals surface area (Å²) in [7, 11) is 0. The van der Waals surface area contributed by atoms with Crippen molar-refractivity contribution < 1.29 is 14.7 Å². The van der Waals surface area contributed by atoms with E-state index < -0.39 is 6.03 Å². The molecule has 0 aliphatic carbocycles. The number of aliphatic hydroxyl groups excluding tert-OH is 1. The van der Waals surface area contributed by atoms with Crippen LogP contribution in [0.2, 0.25) is 0 Å². The van der Waals surface area contributed by atoms with Gasteiger partial charge in [0, 0.05) is 38.4 Å². The summed E-state index contributed by atoms with van der Waals surface area (Å²) in [5, 5.41) is 14.9. The van der Waals surface area contributed by atoms with Crippen LogP contribution in [0.3, 0.4) is 0 Å². The molecular formula is C20H32N4O3. The molecule has 1 fully saturated rings. The Kier molecular flexibility index (Phi) is 7.77. The summed E-state index contributed by atoms with van der Waals surface area (Å²) in [6.45, 7) is 11.5. The number of nitrogens with one attached hydrogen (secondary N) is 2. The Morgan fingerprint density at radius 2 is 1.85 bits per heavy atom. The number of rotatable bonds is 6. The average Bonchev–Trinajstić information content (AvgIpc) is 2.64. The van der Waals surface area contributed by atoms with Gasteiger partial charge in [-0.3, -0.25) is 19.9 Å². The van der Waals surface area contributed by atoms with E-state index in [1.165, 1.54) is 0 Å². The molecule has 0 bridgehead atoms. The van der Waals surface area contributed by atoms with Crippen LogP contribution in [-0.4, -0.2) is 71.7 Å². The number of hydrogen-bond donors (Lipinski definition) is 3. The zero-order chi connectivity index (χ0) is 20.0. The smallest absolute Gasteiger partial charge is 0.325 e. The molecule has 1 heterocycles. The average molecular weight is 377 g/mol. The normalized spacial score (nSPS) is 18.0. The second-order valence-electron chi connectivity index (χ2n) is 7.34. The molecule has 0 unspecified atom stereocenters. The number of anilines is 1. The topological polar surface area (TPSA) is 84.9 Å². The molecule has 0 spiro atoms. The number of aliphatic hydroxyl groups is 1. The van der Waals surface area contributed by atoms with Crippen molar-refractivity contribution in [3.05, 3.63) is 29.3 Å². The van der Waals surface area contributed by atoms with E-state index in [9.17, 15) is 14.7 Å². The molecule has 2 rings (SSSR count). The number of urea groups is 1. The molecule has 0 radical (unpaired) electrons. The Morgan fingerprint density at radius 1 is 1.19 bits per heavy atom. The first-order valence-electron chi connectivity index (χ1n) is 9.63. The van der Waals surface area contributed by atoms with Crippen molar-refractivity contribution in [2.75, 3.05) is 38.0 Å². The van der Waals surface area contributed by atoms with Gasteiger partial charge >= 0.3 is 6.03 Å². The molecule has 1 aromatic rings. The number of piperazine rings is 1. The van der Waals surface area contributed by atoms with Gasteiger partial charge in [0.25, 0.3) is 0 Å². The molecule has 3 amide bonds. The van der Waals surface area contributed by atoms with Gasteiger partial charge in [-0.15, -0.1) is 0 Å². The summed E-state index contributed by atoms with van der Waals surface area (Å²) >= 11 is 0. The highest BCUT2D eigenvalue weighted by atomic mass is 16.3. The fourth-order valence-electron chi connectivity index (χ4n) is 3.25. The van der Waals surface area contributed by atoms with Crippen LogP contribution in [0.15, 0.2) is 18.2 Å². The standard InChI is InChI=1S/C20H32N4O3/c1-5-17(25)13-23-8-10-24(11-9-23)16(4)19(26)22-20(27)21-18-7-6-14(2)12-15(18)3/h6-7,12,16-17,25H,5,8-11,13H2,1-4H3,(H2,21,22,26,27)/t16-,17+/m0/s1. The third kappa shape index (κ3) is 6.30. The Morgan fingerprint density at radius 3 is 2.44 bits per heavy atom. The molecule has 2 atom stereocenters. The Balaban J connectivity index is 1.80. The minimum Gasteiger partial charge on any atom is -0.392 e. The zero-order valence-electron chi connectivity index (χ0n) is 16.8. The van der Waals surface area contributed by atoms with Crippen molar-refractivity contribution in [2.24, 2.45) is 0 Å². The van der Waals surface area contributed by atoms with Crippen LogP contribution < -0.4 is 10.6 Å². The molecular weight excluding hydrogens is 344 g/mol. The van der Waals surface area contributed by atoms with Gasteiger partial charge in [-0.05, 0) is 38.8 Å². The quantitative estimate of drug-likeness (QED) is 0.704. The fourth-order valence-corrected chi connectivity index (χ4v) is 3.25. The van der Waals surface area contributed by atoms with Crippen molar-refractivity contribution in [1.82, 2.24) is 15.1 Å². The SMILES string of the molecule is CC[C@@H](O)CN1CCN([C@@H](C)C(=O)NC(=O)Nc2ccc(C)cc2C)CC1. The van der Waals surface area contributed by atoms with Gasteiger partial charge in [0.05, 0.1) is 12.1 Å². The molecule has 0 aromatic heterocycles. The molecule has 150 valence electrons. The summed E-state index contributed by atoms with van der Waals surface area (Å²) in [4.78, 5) is 28.9. The maximum absolute atomic E-state index is 12.4. The highest BCUT2D eigenvalue weighted by Gasteiger charge is 2.27. The predicted octanol–water partition coefficient (Wildman–Crippen LogP) is 1.73. The molecule has 1 aliphatic rings. The Bertz CT molecular complexity index is 657. The minimum absolute atomic E-state index is 0.300.